The van der Waals surface area contributed by atoms with Gasteiger partial charge in [-0.25, -0.2) is 4.90 Å². The van der Waals surface area contributed by atoms with Crippen molar-refractivity contribution in [2.75, 3.05) is 16.8 Å². The minimum atomic E-state index is -0.494. The van der Waals surface area contributed by atoms with Gasteiger partial charge in [0.25, 0.3) is 5.69 Å². The number of nitrogens with zero attached hydrogens (tertiary/aromatic N) is 2. The molecular formula is C22H22ClN3O4. The largest absolute Gasteiger partial charge is 0.379 e. The maximum atomic E-state index is 12.8. The molecule has 1 heterocycles. The first-order valence-corrected chi connectivity index (χ1v) is 10.5. The van der Waals surface area contributed by atoms with Gasteiger partial charge < -0.3 is 5.32 Å². The van der Waals surface area contributed by atoms with Crippen LogP contribution in [0.4, 0.5) is 17.1 Å². The second-order valence-corrected chi connectivity index (χ2v) is 8.21. The van der Waals surface area contributed by atoms with E-state index < -0.39 is 4.92 Å². The van der Waals surface area contributed by atoms with E-state index in [2.05, 4.69) is 5.32 Å². The molecule has 0 spiro atoms. The molecule has 1 saturated carbocycles. The summed E-state index contributed by atoms with van der Waals surface area (Å²) in [6.07, 6.45) is 3.95. The molecule has 4 rings (SSSR count). The summed E-state index contributed by atoms with van der Waals surface area (Å²) in [5.74, 6) is -1.05. The summed E-state index contributed by atoms with van der Waals surface area (Å²) in [6, 6.07) is 11.9. The number of carbonyl (C=O) groups is 2. The van der Waals surface area contributed by atoms with Gasteiger partial charge in [-0.15, -0.1) is 0 Å². The summed E-state index contributed by atoms with van der Waals surface area (Å²) >= 11 is 5.88. The Morgan fingerprint density at radius 3 is 2.27 bits per heavy atom. The number of carbonyl (C=O) groups excluding carboxylic acids is 2. The Balaban J connectivity index is 1.52. The SMILES string of the molecule is O=C1[C@H]2CCCC[C@H]2C(=O)N1c1ccc(NCCc2ccc(Cl)cc2)c([N+](=O)[O-])c1. The molecule has 2 aromatic carbocycles. The Kier molecular flexibility index (Phi) is 5.72. The van der Waals surface area contributed by atoms with Crippen LogP contribution in [0.15, 0.2) is 42.5 Å². The van der Waals surface area contributed by atoms with Crippen LogP contribution in [0.25, 0.3) is 0 Å². The molecule has 8 heteroatoms. The van der Waals surface area contributed by atoms with E-state index in [9.17, 15) is 19.7 Å². The quantitative estimate of drug-likeness (QED) is 0.413. The summed E-state index contributed by atoms with van der Waals surface area (Å²) in [5, 5.41) is 15.4. The molecule has 0 aromatic heterocycles. The van der Waals surface area contributed by atoms with Crippen LogP contribution < -0.4 is 10.2 Å². The zero-order valence-electron chi connectivity index (χ0n) is 16.3. The lowest BCUT2D eigenvalue weighted by Gasteiger charge is -2.19. The van der Waals surface area contributed by atoms with E-state index in [4.69, 9.17) is 11.6 Å². The van der Waals surface area contributed by atoms with Crippen LogP contribution in [0, 0.1) is 22.0 Å². The average molecular weight is 428 g/mol. The lowest BCUT2D eigenvalue weighted by molar-refractivity contribution is -0.383. The Morgan fingerprint density at radius 2 is 1.67 bits per heavy atom. The first kappa shape index (κ1) is 20.3. The van der Waals surface area contributed by atoms with Crippen molar-refractivity contribution >= 4 is 40.5 Å². The van der Waals surface area contributed by atoms with E-state index in [1.165, 1.54) is 6.07 Å². The van der Waals surface area contributed by atoms with Crippen LogP contribution in [0.5, 0.6) is 0 Å². The van der Waals surface area contributed by atoms with Gasteiger partial charge in [0.15, 0.2) is 0 Å². The van der Waals surface area contributed by atoms with Crippen LogP contribution in [0.2, 0.25) is 5.02 Å². The fourth-order valence-corrected chi connectivity index (χ4v) is 4.49. The lowest BCUT2D eigenvalue weighted by Crippen LogP contribution is -2.30. The first-order chi connectivity index (χ1) is 14.5. The van der Waals surface area contributed by atoms with Gasteiger partial charge in [0.2, 0.25) is 11.8 Å². The van der Waals surface area contributed by atoms with Gasteiger partial charge in [-0.2, -0.15) is 0 Å². The van der Waals surface area contributed by atoms with Crippen LogP contribution in [0.1, 0.15) is 31.2 Å². The predicted octanol–water partition coefficient (Wildman–Crippen LogP) is 4.58. The fourth-order valence-electron chi connectivity index (χ4n) is 4.37. The van der Waals surface area contributed by atoms with E-state index in [1.54, 1.807) is 24.3 Å². The Labute approximate surface area is 179 Å². The van der Waals surface area contributed by atoms with Crippen LogP contribution >= 0.6 is 11.6 Å². The number of rotatable bonds is 6. The molecule has 1 aliphatic heterocycles. The van der Waals surface area contributed by atoms with Gasteiger partial charge in [0.05, 0.1) is 22.4 Å². The van der Waals surface area contributed by atoms with Crippen LogP contribution in [-0.2, 0) is 16.0 Å². The smallest absolute Gasteiger partial charge is 0.294 e. The maximum Gasteiger partial charge on any atom is 0.294 e. The Bertz CT molecular complexity index is 968. The molecule has 1 aliphatic carbocycles. The summed E-state index contributed by atoms with van der Waals surface area (Å²) in [6.45, 7) is 0.494. The van der Waals surface area contributed by atoms with E-state index >= 15 is 0 Å². The number of hydrogen-bond donors (Lipinski definition) is 1. The topological polar surface area (TPSA) is 92.6 Å². The maximum absolute atomic E-state index is 12.8. The number of halogens is 1. The van der Waals surface area contributed by atoms with Crippen molar-refractivity contribution in [3.05, 3.63) is 63.2 Å². The second-order valence-electron chi connectivity index (χ2n) is 7.77. The van der Waals surface area contributed by atoms with Crippen molar-refractivity contribution in [2.24, 2.45) is 11.8 Å². The molecule has 7 nitrogen and oxygen atoms in total. The van der Waals surface area contributed by atoms with Gasteiger partial charge >= 0.3 is 0 Å². The monoisotopic (exact) mass is 427 g/mol. The lowest BCUT2D eigenvalue weighted by atomic mass is 9.81. The van der Waals surface area contributed by atoms with E-state index in [0.717, 1.165) is 23.3 Å². The molecule has 30 heavy (non-hydrogen) atoms. The average Bonchev–Trinajstić information content (AvgIpc) is 3.00. The fraction of sp³-hybridized carbons (Fsp3) is 0.364. The van der Waals surface area contributed by atoms with Gasteiger partial charge in [-0.1, -0.05) is 36.6 Å². The molecule has 2 fully saturated rings. The Morgan fingerprint density at radius 1 is 1.03 bits per heavy atom. The number of nitro groups is 1. The number of amides is 2. The molecule has 2 amide bonds. The van der Waals surface area contributed by atoms with Crippen molar-refractivity contribution in [2.45, 2.75) is 32.1 Å². The Hall–Kier alpha value is -2.93. The highest BCUT2D eigenvalue weighted by Crippen LogP contribution is 2.41. The highest BCUT2D eigenvalue weighted by atomic mass is 35.5. The van der Waals surface area contributed by atoms with Crippen molar-refractivity contribution in [3.63, 3.8) is 0 Å². The summed E-state index contributed by atoms with van der Waals surface area (Å²) in [4.78, 5) is 37.8. The third-order valence-corrected chi connectivity index (χ3v) is 6.17. The molecule has 156 valence electrons. The molecule has 0 radical (unpaired) electrons. The third-order valence-electron chi connectivity index (χ3n) is 5.92. The molecule has 2 atom stereocenters. The molecule has 1 saturated heterocycles. The summed E-state index contributed by atoms with van der Waals surface area (Å²) < 4.78 is 0. The van der Waals surface area contributed by atoms with Crippen LogP contribution in [-0.4, -0.2) is 23.3 Å². The molecule has 0 bridgehead atoms. The molecule has 0 unspecified atom stereocenters. The van der Waals surface area contributed by atoms with Gasteiger partial charge in [-0.05, 0) is 49.1 Å². The molecular weight excluding hydrogens is 406 g/mol. The molecule has 1 N–H and O–H groups in total. The van der Waals surface area contributed by atoms with Gasteiger partial charge in [0.1, 0.15) is 5.69 Å². The number of nitro benzene ring substituents is 1. The molecule has 2 aliphatic rings. The van der Waals surface area contributed by atoms with Crippen molar-refractivity contribution < 1.29 is 14.5 Å². The highest BCUT2D eigenvalue weighted by molar-refractivity contribution is 6.30. The normalized spacial score (nSPS) is 20.9. The van der Waals surface area contributed by atoms with Crippen molar-refractivity contribution in [3.8, 4) is 0 Å². The van der Waals surface area contributed by atoms with E-state index in [0.29, 0.717) is 36.5 Å². The minimum Gasteiger partial charge on any atom is -0.379 e. The van der Waals surface area contributed by atoms with E-state index in [1.807, 2.05) is 12.1 Å². The number of hydrogen-bond acceptors (Lipinski definition) is 5. The summed E-state index contributed by atoms with van der Waals surface area (Å²) in [7, 11) is 0. The minimum absolute atomic E-state index is 0.154. The number of benzene rings is 2. The third kappa shape index (κ3) is 3.89. The number of anilines is 2. The number of fused-ring (bicyclic) bond motifs is 1. The standard InChI is InChI=1S/C22H22ClN3O4/c23-15-7-5-14(6-8-15)11-12-24-19-10-9-16(13-20(19)26(29)30)25-21(27)17-3-1-2-4-18(17)22(25)28/h5-10,13,17-18,24H,1-4,11-12H2/t17-,18+. The zero-order valence-corrected chi connectivity index (χ0v) is 17.1. The van der Waals surface area contributed by atoms with Crippen molar-refractivity contribution in [1.82, 2.24) is 0 Å². The predicted molar refractivity (Wildman–Crippen MR) is 115 cm³/mol. The highest BCUT2D eigenvalue weighted by Gasteiger charge is 2.49. The van der Waals surface area contributed by atoms with Gasteiger partial charge in [-0.3, -0.25) is 19.7 Å². The van der Waals surface area contributed by atoms with E-state index in [-0.39, 0.29) is 35.0 Å². The molecule has 2 aromatic rings. The number of nitrogens with one attached hydrogen (secondary N) is 1. The van der Waals surface area contributed by atoms with Crippen molar-refractivity contribution in [1.29, 1.82) is 0 Å². The summed E-state index contributed by atoms with van der Waals surface area (Å²) in [5.41, 5.74) is 1.53. The zero-order chi connectivity index (χ0) is 21.3. The second kappa shape index (κ2) is 8.44. The first-order valence-electron chi connectivity index (χ1n) is 10.1. The number of imide groups is 1. The van der Waals surface area contributed by atoms with Crippen LogP contribution in [0.3, 0.4) is 0 Å². The van der Waals surface area contributed by atoms with Gasteiger partial charge in [0, 0.05) is 17.6 Å².